The molecule has 0 spiro atoms. The smallest absolute Gasteiger partial charge is 0.0453 e. The second-order valence-electron chi connectivity index (χ2n) is 5.09. The summed E-state index contributed by atoms with van der Waals surface area (Å²) in [6.07, 6.45) is 2.56. The third-order valence-corrected chi connectivity index (χ3v) is 4.19. The van der Waals surface area contributed by atoms with Crippen LogP contribution < -0.4 is 5.32 Å². The zero-order chi connectivity index (χ0) is 13.0. The number of hydrogen-bond acceptors (Lipinski definition) is 2. The first-order chi connectivity index (χ1) is 8.72. The average Bonchev–Trinajstić information content (AvgIpc) is 2.39. The molecule has 1 aliphatic rings. The van der Waals surface area contributed by atoms with Gasteiger partial charge in [0.1, 0.15) is 0 Å². The van der Waals surface area contributed by atoms with Crippen molar-refractivity contribution in [1.82, 2.24) is 10.2 Å². The van der Waals surface area contributed by atoms with Crippen molar-refractivity contribution in [1.29, 1.82) is 0 Å². The fourth-order valence-corrected chi connectivity index (χ4v) is 3.12. The maximum absolute atomic E-state index is 6.29. The number of nitrogens with zero attached hydrogens (tertiary/aromatic N) is 1. The summed E-state index contributed by atoms with van der Waals surface area (Å²) in [7, 11) is 0. The lowest BCUT2D eigenvalue weighted by atomic mass is 10.0. The number of benzene rings is 1. The van der Waals surface area contributed by atoms with E-state index >= 15 is 0 Å². The molecule has 18 heavy (non-hydrogen) atoms. The van der Waals surface area contributed by atoms with Crippen molar-refractivity contribution < 1.29 is 0 Å². The minimum Gasteiger partial charge on any atom is -0.313 e. The maximum Gasteiger partial charge on any atom is 0.0453 e. The van der Waals surface area contributed by atoms with Gasteiger partial charge in [0.05, 0.1) is 0 Å². The van der Waals surface area contributed by atoms with Gasteiger partial charge in [0.15, 0.2) is 0 Å². The second-order valence-corrected chi connectivity index (χ2v) is 5.50. The number of likely N-dealkylation sites (tertiary alicyclic amines) is 1. The van der Waals surface area contributed by atoms with Crippen LogP contribution in [0.2, 0.25) is 5.02 Å². The molecule has 0 saturated carbocycles. The fourth-order valence-electron chi connectivity index (χ4n) is 2.82. The minimum atomic E-state index is 0.403. The predicted octanol–water partition coefficient (Wildman–Crippen LogP) is 3.47. The van der Waals surface area contributed by atoms with Gasteiger partial charge in [-0.25, -0.2) is 0 Å². The molecule has 0 aromatic heterocycles. The highest BCUT2D eigenvalue weighted by molar-refractivity contribution is 6.31. The van der Waals surface area contributed by atoms with Crippen LogP contribution in [-0.4, -0.2) is 30.6 Å². The number of piperidine rings is 1. The molecule has 3 heteroatoms. The van der Waals surface area contributed by atoms with Crippen LogP contribution in [-0.2, 0) is 0 Å². The van der Waals surface area contributed by atoms with E-state index in [0.717, 1.165) is 18.1 Å². The zero-order valence-corrected chi connectivity index (χ0v) is 12.1. The molecule has 1 N–H and O–H groups in total. The molecule has 2 rings (SSSR count). The van der Waals surface area contributed by atoms with E-state index in [0.29, 0.717) is 12.1 Å². The molecule has 1 aromatic carbocycles. The highest BCUT2D eigenvalue weighted by Crippen LogP contribution is 2.29. The Morgan fingerprint density at radius 3 is 2.94 bits per heavy atom. The summed E-state index contributed by atoms with van der Waals surface area (Å²) in [5.74, 6) is 0. The monoisotopic (exact) mass is 266 g/mol. The van der Waals surface area contributed by atoms with Crippen LogP contribution in [0.1, 0.15) is 38.3 Å². The second kappa shape index (κ2) is 6.55. The molecule has 0 amide bonds. The number of rotatable bonds is 4. The topological polar surface area (TPSA) is 15.3 Å². The van der Waals surface area contributed by atoms with E-state index in [-0.39, 0.29) is 0 Å². The van der Waals surface area contributed by atoms with Crippen LogP contribution >= 0.6 is 11.6 Å². The van der Waals surface area contributed by atoms with Gasteiger partial charge in [-0.1, -0.05) is 36.7 Å². The summed E-state index contributed by atoms with van der Waals surface area (Å²) in [4.78, 5) is 2.54. The third-order valence-electron chi connectivity index (χ3n) is 3.85. The van der Waals surface area contributed by atoms with E-state index in [1.807, 2.05) is 12.1 Å². The van der Waals surface area contributed by atoms with Crippen molar-refractivity contribution >= 4 is 11.6 Å². The third kappa shape index (κ3) is 3.25. The highest BCUT2D eigenvalue weighted by atomic mass is 35.5. The molecule has 1 aromatic rings. The Bertz CT molecular complexity index is 379. The van der Waals surface area contributed by atoms with Gasteiger partial charge in [-0.05, 0) is 44.5 Å². The quantitative estimate of drug-likeness (QED) is 0.898. The van der Waals surface area contributed by atoms with Gasteiger partial charge in [-0.3, -0.25) is 4.90 Å². The summed E-state index contributed by atoms with van der Waals surface area (Å²) < 4.78 is 0. The summed E-state index contributed by atoms with van der Waals surface area (Å²) >= 11 is 6.29. The molecule has 1 fully saturated rings. The first kappa shape index (κ1) is 13.9. The largest absolute Gasteiger partial charge is 0.313 e. The maximum atomic E-state index is 6.29. The van der Waals surface area contributed by atoms with Crippen LogP contribution in [0.4, 0.5) is 0 Å². The molecule has 1 heterocycles. The SMILES string of the molecule is CCNC1CCCN(C(C)c2ccccc2Cl)C1. The van der Waals surface area contributed by atoms with Gasteiger partial charge in [-0.2, -0.15) is 0 Å². The average molecular weight is 267 g/mol. The van der Waals surface area contributed by atoms with Crippen LogP contribution in [0.25, 0.3) is 0 Å². The summed E-state index contributed by atoms with van der Waals surface area (Å²) in [5.41, 5.74) is 1.25. The molecule has 2 atom stereocenters. The van der Waals surface area contributed by atoms with E-state index in [4.69, 9.17) is 11.6 Å². The first-order valence-electron chi connectivity index (χ1n) is 6.94. The molecule has 2 unspecified atom stereocenters. The Balaban J connectivity index is 2.04. The van der Waals surface area contributed by atoms with Crippen molar-refractivity contribution in [3.05, 3.63) is 34.9 Å². The molecular weight excluding hydrogens is 244 g/mol. The lowest BCUT2D eigenvalue weighted by Gasteiger charge is -2.37. The molecule has 0 radical (unpaired) electrons. The Morgan fingerprint density at radius 1 is 1.44 bits per heavy atom. The number of hydrogen-bond donors (Lipinski definition) is 1. The summed E-state index contributed by atoms with van der Waals surface area (Å²) in [6, 6.07) is 9.23. The van der Waals surface area contributed by atoms with Gasteiger partial charge in [-0.15, -0.1) is 0 Å². The van der Waals surface area contributed by atoms with E-state index in [1.165, 1.54) is 24.9 Å². The Morgan fingerprint density at radius 2 is 2.22 bits per heavy atom. The van der Waals surface area contributed by atoms with Crippen molar-refractivity contribution in [2.24, 2.45) is 0 Å². The number of likely N-dealkylation sites (N-methyl/N-ethyl adjacent to an activating group) is 1. The van der Waals surface area contributed by atoms with E-state index in [9.17, 15) is 0 Å². The molecule has 2 nitrogen and oxygen atoms in total. The number of nitrogens with one attached hydrogen (secondary N) is 1. The Hall–Kier alpha value is -0.570. The van der Waals surface area contributed by atoms with E-state index in [2.05, 4.69) is 36.2 Å². The molecule has 0 aliphatic carbocycles. The molecule has 100 valence electrons. The van der Waals surface area contributed by atoms with Crippen LogP contribution in [0, 0.1) is 0 Å². The van der Waals surface area contributed by atoms with Crippen molar-refractivity contribution in [2.75, 3.05) is 19.6 Å². The lowest BCUT2D eigenvalue weighted by molar-refractivity contribution is 0.147. The summed E-state index contributed by atoms with van der Waals surface area (Å²) in [5, 5.41) is 4.45. The van der Waals surface area contributed by atoms with E-state index in [1.54, 1.807) is 0 Å². The normalized spacial score (nSPS) is 22.9. The minimum absolute atomic E-state index is 0.403. The zero-order valence-electron chi connectivity index (χ0n) is 11.3. The molecular formula is C15H23ClN2. The van der Waals surface area contributed by atoms with Crippen LogP contribution in [0.3, 0.4) is 0 Å². The summed E-state index contributed by atoms with van der Waals surface area (Å²) in [6.45, 7) is 7.79. The predicted molar refractivity (Wildman–Crippen MR) is 78.1 cm³/mol. The van der Waals surface area contributed by atoms with Crippen LogP contribution in [0.5, 0.6) is 0 Å². The number of halogens is 1. The van der Waals surface area contributed by atoms with Gasteiger partial charge in [0, 0.05) is 23.7 Å². The highest BCUT2D eigenvalue weighted by Gasteiger charge is 2.24. The Kier molecular flexibility index (Phi) is 5.04. The molecule has 1 aliphatic heterocycles. The van der Waals surface area contributed by atoms with Crippen molar-refractivity contribution in [2.45, 2.75) is 38.8 Å². The Labute approximate surface area is 115 Å². The van der Waals surface area contributed by atoms with Crippen molar-refractivity contribution in [3.8, 4) is 0 Å². The standard InChI is InChI=1S/C15H23ClN2/c1-3-17-13-7-6-10-18(11-13)12(2)14-8-4-5-9-15(14)16/h4-5,8-9,12-13,17H,3,6-7,10-11H2,1-2H3. The van der Waals surface area contributed by atoms with Crippen molar-refractivity contribution in [3.63, 3.8) is 0 Å². The van der Waals surface area contributed by atoms with Gasteiger partial charge < -0.3 is 5.32 Å². The van der Waals surface area contributed by atoms with Gasteiger partial charge in [0.25, 0.3) is 0 Å². The van der Waals surface area contributed by atoms with Crippen LogP contribution in [0.15, 0.2) is 24.3 Å². The van der Waals surface area contributed by atoms with Gasteiger partial charge in [0.2, 0.25) is 0 Å². The van der Waals surface area contributed by atoms with E-state index < -0.39 is 0 Å². The van der Waals surface area contributed by atoms with Gasteiger partial charge >= 0.3 is 0 Å². The fraction of sp³-hybridized carbons (Fsp3) is 0.600. The molecule has 0 bridgehead atoms. The lowest BCUT2D eigenvalue weighted by Crippen LogP contribution is -2.46. The first-order valence-corrected chi connectivity index (χ1v) is 7.32. The molecule has 1 saturated heterocycles.